The summed E-state index contributed by atoms with van der Waals surface area (Å²) in [6, 6.07) is 6.19. The van der Waals surface area contributed by atoms with Gasteiger partial charge in [-0.2, -0.15) is 0 Å². The average molecular weight is 346 g/mol. The first-order valence-electron chi connectivity index (χ1n) is 8.49. The number of aromatic nitrogens is 1. The molecule has 4 rings (SSSR count). The summed E-state index contributed by atoms with van der Waals surface area (Å²) in [5.74, 6) is -0.815. The predicted molar refractivity (Wildman–Crippen MR) is 94.6 cm³/mol. The minimum atomic E-state index is -0.657. The molecule has 2 aromatic rings. The smallest absolute Gasteiger partial charge is 0.306 e. The van der Waals surface area contributed by atoms with Gasteiger partial charge in [-0.25, -0.2) is 4.98 Å². The van der Waals surface area contributed by atoms with Crippen LogP contribution < -0.4 is 5.32 Å². The summed E-state index contributed by atoms with van der Waals surface area (Å²) in [6.07, 6.45) is 3.80. The highest BCUT2D eigenvalue weighted by molar-refractivity contribution is 7.22. The Balaban J connectivity index is 1.30. The number of nitrogens with zero attached hydrogens (tertiary/aromatic N) is 1. The van der Waals surface area contributed by atoms with Crippen molar-refractivity contribution in [3.63, 3.8) is 0 Å². The molecule has 1 atom stereocenters. The number of aliphatic carboxylic acids is 1. The zero-order chi connectivity index (χ0) is 16.7. The quantitative estimate of drug-likeness (QED) is 0.884. The molecule has 0 radical (unpaired) electrons. The molecule has 1 saturated carbocycles. The van der Waals surface area contributed by atoms with Gasteiger partial charge < -0.3 is 15.2 Å². The Morgan fingerprint density at radius 2 is 2.33 bits per heavy atom. The lowest BCUT2D eigenvalue weighted by Crippen LogP contribution is -2.49. The maximum Gasteiger partial charge on any atom is 0.306 e. The van der Waals surface area contributed by atoms with Crippen LogP contribution in [0.15, 0.2) is 18.2 Å². The van der Waals surface area contributed by atoms with Crippen LogP contribution in [0.4, 0.5) is 5.13 Å². The van der Waals surface area contributed by atoms with E-state index in [2.05, 4.69) is 23.3 Å². The van der Waals surface area contributed by atoms with E-state index in [1.807, 2.05) is 12.1 Å². The molecule has 0 amide bonds. The number of carboxylic acid groups (broad SMARTS) is 1. The Morgan fingerprint density at radius 1 is 1.50 bits per heavy atom. The molecule has 2 fully saturated rings. The highest BCUT2D eigenvalue weighted by atomic mass is 32.1. The van der Waals surface area contributed by atoms with Gasteiger partial charge in [0.25, 0.3) is 0 Å². The molecular weight excluding hydrogens is 324 g/mol. The van der Waals surface area contributed by atoms with E-state index in [4.69, 9.17) is 9.84 Å². The Hall–Kier alpha value is -1.66. The first kappa shape index (κ1) is 15.8. The predicted octanol–water partition coefficient (Wildman–Crippen LogP) is 3.68. The van der Waals surface area contributed by atoms with Crippen LogP contribution in [0.3, 0.4) is 0 Å². The Labute approximate surface area is 145 Å². The summed E-state index contributed by atoms with van der Waals surface area (Å²) < 4.78 is 7.24. The van der Waals surface area contributed by atoms with Gasteiger partial charge in [-0.1, -0.05) is 23.5 Å². The molecule has 1 aliphatic heterocycles. The number of carboxylic acids is 1. The molecule has 1 spiro atoms. The number of carbonyl (C=O) groups is 1. The topological polar surface area (TPSA) is 71.5 Å². The maximum atomic E-state index is 11.0. The molecule has 0 bridgehead atoms. The second kappa shape index (κ2) is 6.01. The average Bonchev–Trinajstić information content (AvgIpc) is 2.95. The normalized spacial score (nSPS) is 29.5. The molecule has 1 unspecified atom stereocenters. The zero-order valence-electron chi connectivity index (χ0n) is 13.7. The van der Waals surface area contributed by atoms with Gasteiger partial charge in [0, 0.05) is 6.54 Å². The monoisotopic (exact) mass is 346 g/mol. The van der Waals surface area contributed by atoms with Crippen molar-refractivity contribution in [1.82, 2.24) is 4.98 Å². The molecule has 128 valence electrons. The van der Waals surface area contributed by atoms with E-state index in [-0.39, 0.29) is 17.4 Å². The third kappa shape index (κ3) is 2.89. The summed E-state index contributed by atoms with van der Waals surface area (Å²) in [7, 11) is 0. The van der Waals surface area contributed by atoms with Crippen molar-refractivity contribution < 1.29 is 14.6 Å². The summed E-state index contributed by atoms with van der Waals surface area (Å²) in [4.78, 5) is 15.6. The second-order valence-corrected chi connectivity index (χ2v) is 8.24. The van der Waals surface area contributed by atoms with Crippen LogP contribution >= 0.6 is 11.3 Å². The van der Waals surface area contributed by atoms with Gasteiger partial charge >= 0.3 is 5.97 Å². The number of rotatable bonds is 4. The van der Waals surface area contributed by atoms with E-state index in [1.165, 1.54) is 10.3 Å². The summed E-state index contributed by atoms with van der Waals surface area (Å²) in [5, 5.41) is 13.4. The first-order valence-corrected chi connectivity index (χ1v) is 9.31. The highest BCUT2D eigenvalue weighted by Gasteiger charge is 2.49. The van der Waals surface area contributed by atoms with Gasteiger partial charge in [-0.3, -0.25) is 4.79 Å². The third-order valence-corrected chi connectivity index (χ3v) is 6.59. The molecule has 1 aliphatic carbocycles. The van der Waals surface area contributed by atoms with Crippen LogP contribution in [-0.4, -0.2) is 35.3 Å². The summed E-state index contributed by atoms with van der Waals surface area (Å²) >= 11 is 1.69. The number of hydrogen-bond donors (Lipinski definition) is 2. The fourth-order valence-electron chi connectivity index (χ4n) is 3.92. The highest BCUT2D eigenvalue weighted by Crippen LogP contribution is 2.51. The van der Waals surface area contributed by atoms with E-state index in [0.29, 0.717) is 6.61 Å². The number of aryl methyl sites for hydroxylation is 1. The molecule has 1 aromatic carbocycles. The van der Waals surface area contributed by atoms with Gasteiger partial charge in [0.1, 0.15) is 0 Å². The minimum Gasteiger partial charge on any atom is -0.481 e. The van der Waals surface area contributed by atoms with Crippen molar-refractivity contribution in [3.8, 4) is 0 Å². The van der Waals surface area contributed by atoms with Gasteiger partial charge in [0.2, 0.25) is 0 Å². The fourth-order valence-corrected chi connectivity index (χ4v) is 4.86. The zero-order valence-corrected chi connectivity index (χ0v) is 14.6. The standard InChI is InChI=1S/C18H22N2O3S/c1-11-3-2-4-14-15(11)24-17(20-14)19-9-13-5-6-18(10-23-13)7-12(8-18)16(21)22/h2-4,12-13H,5-10H2,1H3,(H,19,20)(H,21,22). The molecular formula is C18H22N2O3S. The minimum absolute atomic E-state index is 0.131. The molecule has 5 nitrogen and oxygen atoms in total. The fraction of sp³-hybridized carbons (Fsp3) is 0.556. The molecule has 1 saturated heterocycles. The number of hydrogen-bond acceptors (Lipinski definition) is 5. The lowest BCUT2D eigenvalue weighted by atomic mass is 9.59. The van der Waals surface area contributed by atoms with Gasteiger partial charge in [0.15, 0.2) is 5.13 Å². The van der Waals surface area contributed by atoms with Gasteiger partial charge in [-0.05, 0) is 49.7 Å². The van der Waals surface area contributed by atoms with Crippen molar-refractivity contribution in [2.24, 2.45) is 11.3 Å². The van der Waals surface area contributed by atoms with E-state index in [9.17, 15) is 4.79 Å². The van der Waals surface area contributed by atoms with Crippen LogP contribution in [0.1, 0.15) is 31.2 Å². The lowest BCUT2D eigenvalue weighted by Gasteiger charge is -2.49. The molecule has 24 heavy (non-hydrogen) atoms. The Kier molecular flexibility index (Phi) is 3.96. The molecule has 1 aromatic heterocycles. The van der Waals surface area contributed by atoms with Crippen LogP contribution in [-0.2, 0) is 9.53 Å². The third-order valence-electron chi connectivity index (χ3n) is 5.42. The Bertz CT molecular complexity index is 757. The summed E-state index contributed by atoms with van der Waals surface area (Å²) in [6.45, 7) is 3.57. The number of nitrogens with one attached hydrogen (secondary N) is 1. The van der Waals surface area contributed by atoms with Crippen LogP contribution in [0.25, 0.3) is 10.2 Å². The number of thiazole rings is 1. The van der Waals surface area contributed by atoms with Crippen LogP contribution in [0.2, 0.25) is 0 Å². The van der Waals surface area contributed by atoms with Crippen molar-refractivity contribution in [2.45, 2.75) is 38.7 Å². The van der Waals surface area contributed by atoms with Crippen LogP contribution in [0.5, 0.6) is 0 Å². The van der Waals surface area contributed by atoms with E-state index >= 15 is 0 Å². The second-order valence-electron chi connectivity index (χ2n) is 7.24. The van der Waals surface area contributed by atoms with Crippen molar-refractivity contribution in [3.05, 3.63) is 23.8 Å². The van der Waals surface area contributed by atoms with Gasteiger partial charge in [-0.15, -0.1) is 0 Å². The van der Waals surface area contributed by atoms with Crippen LogP contribution in [0, 0.1) is 18.3 Å². The van der Waals surface area contributed by atoms with Crippen molar-refractivity contribution >= 4 is 32.7 Å². The maximum absolute atomic E-state index is 11.0. The Morgan fingerprint density at radius 3 is 3.00 bits per heavy atom. The van der Waals surface area contributed by atoms with E-state index in [0.717, 1.165) is 42.9 Å². The van der Waals surface area contributed by atoms with Crippen molar-refractivity contribution in [1.29, 1.82) is 0 Å². The largest absolute Gasteiger partial charge is 0.481 e. The lowest BCUT2D eigenvalue weighted by molar-refractivity contribution is -0.161. The SMILES string of the molecule is Cc1cccc2nc(NCC3CCC4(CO3)CC(C(=O)O)C4)sc12. The van der Waals surface area contributed by atoms with Crippen molar-refractivity contribution in [2.75, 3.05) is 18.5 Å². The van der Waals surface area contributed by atoms with E-state index < -0.39 is 5.97 Å². The van der Waals surface area contributed by atoms with Gasteiger partial charge in [0.05, 0.1) is 28.8 Å². The molecule has 6 heteroatoms. The molecule has 2 N–H and O–H groups in total. The first-order chi connectivity index (χ1) is 11.5. The molecule has 2 aliphatic rings. The number of fused-ring (bicyclic) bond motifs is 1. The molecule has 2 heterocycles. The number of ether oxygens (including phenoxy) is 1. The number of anilines is 1. The number of benzene rings is 1. The van der Waals surface area contributed by atoms with E-state index in [1.54, 1.807) is 11.3 Å². The summed E-state index contributed by atoms with van der Waals surface area (Å²) in [5.41, 5.74) is 2.43.